The average Bonchev–Trinajstić information content (AvgIpc) is 2.23. The summed E-state index contributed by atoms with van der Waals surface area (Å²) in [5, 5.41) is 0. The van der Waals surface area contributed by atoms with Gasteiger partial charge >= 0.3 is 0 Å². The maximum absolute atomic E-state index is 4.07. The molecule has 14 heavy (non-hydrogen) atoms. The van der Waals surface area contributed by atoms with Crippen LogP contribution >= 0.6 is 0 Å². The first-order valence-electron chi connectivity index (χ1n) is 5.28. The van der Waals surface area contributed by atoms with Crippen molar-refractivity contribution in [3.8, 4) is 0 Å². The Bertz CT molecular complexity index is 289. The molecule has 0 spiro atoms. The monoisotopic (exact) mass is 190 g/mol. The van der Waals surface area contributed by atoms with E-state index >= 15 is 0 Å². The highest BCUT2D eigenvalue weighted by Crippen LogP contribution is 2.19. The zero-order chi connectivity index (χ0) is 9.97. The van der Waals surface area contributed by atoms with Crippen LogP contribution in [0.2, 0.25) is 0 Å². The first-order chi connectivity index (χ1) is 6.77. The molecule has 1 fully saturated rings. The molecule has 0 atom stereocenters. The van der Waals surface area contributed by atoms with Crippen molar-refractivity contribution in [1.29, 1.82) is 0 Å². The van der Waals surface area contributed by atoms with Gasteiger partial charge in [-0.3, -0.25) is 0 Å². The van der Waals surface area contributed by atoms with E-state index < -0.39 is 0 Å². The Balaban J connectivity index is 2.02. The number of likely N-dealkylation sites (N-methyl/N-ethyl adjacent to an activating group) is 1. The van der Waals surface area contributed by atoms with Gasteiger partial charge in [0.05, 0.1) is 6.54 Å². The van der Waals surface area contributed by atoms with Gasteiger partial charge in [0.25, 0.3) is 0 Å². The molecule has 76 valence electrons. The minimum absolute atomic E-state index is 0.979. The molecule has 2 aliphatic rings. The van der Waals surface area contributed by atoms with E-state index in [9.17, 15) is 0 Å². The predicted molar refractivity (Wildman–Crippen MR) is 59.8 cm³/mol. The Kier molecular flexibility index (Phi) is 2.62. The van der Waals surface area contributed by atoms with Crippen LogP contribution in [0.4, 0.5) is 0 Å². The Morgan fingerprint density at radius 2 is 2.14 bits per heavy atom. The molecule has 1 heterocycles. The van der Waals surface area contributed by atoms with E-state index in [4.69, 9.17) is 0 Å². The van der Waals surface area contributed by atoms with Gasteiger partial charge in [-0.1, -0.05) is 18.7 Å². The number of hydrogen-bond acceptors (Lipinski definition) is 2. The summed E-state index contributed by atoms with van der Waals surface area (Å²) < 4.78 is 0. The van der Waals surface area contributed by atoms with Crippen LogP contribution in [-0.4, -0.2) is 36.5 Å². The third-order valence-electron chi connectivity index (χ3n) is 2.96. The van der Waals surface area contributed by atoms with Gasteiger partial charge in [-0.25, -0.2) is 0 Å². The standard InChI is InChI=1S/C12H18N2/c1-11-10-14(9-8-13(11)2)12-6-4-3-5-7-12/h4,6-7H,1,3,5,8-10H2,2H3. The fourth-order valence-corrected chi connectivity index (χ4v) is 1.90. The van der Waals surface area contributed by atoms with Crippen molar-refractivity contribution in [2.45, 2.75) is 12.8 Å². The normalized spacial score (nSPS) is 22.6. The maximum atomic E-state index is 4.07. The predicted octanol–water partition coefficient (Wildman–Crippen LogP) is 1.98. The molecule has 2 heteroatoms. The van der Waals surface area contributed by atoms with Crippen molar-refractivity contribution in [1.82, 2.24) is 9.80 Å². The summed E-state index contributed by atoms with van der Waals surface area (Å²) in [5.74, 6) is 0. The van der Waals surface area contributed by atoms with E-state index in [1.807, 2.05) is 0 Å². The summed E-state index contributed by atoms with van der Waals surface area (Å²) in [4.78, 5) is 4.65. The van der Waals surface area contributed by atoms with E-state index in [0.29, 0.717) is 0 Å². The lowest BCUT2D eigenvalue weighted by atomic mass is 10.1. The zero-order valence-electron chi connectivity index (χ0n) is 8.87. The Labute approximate surface area is 86.2 Å². The van der Waals surface area contributed by atoms with Crippen LogP contribution in [0, 0.1) is 0 Å². The smallest absolute Gasteiger partial charge is 0.0573 e. The van der Waals surface area contributed by atoms with Crippen LogP contribution < -0.4 is 0 Å². The van der Waals surface area contributed by atoms with Crippen LogP contribution in [0.25, 0.3) is 0 Å². The van der Waals surface area contributed by atoms with Crippen LogP contribution in [0.5, 0.6) is 0 Å². The van der Waals surface area contributed by atoms with Crippen LogP contribution in [0.15, 0.2) is 36.2 Å². The summed E-state index contributed by atoms with van der Waals surface area (Å²) >= 11 is 0. The highest BCUT2D eigenvalue weighted by atomic mass is 15.3. The first-order valence-corrected chi connectivity index (χ1v) is 5.28. The fraction of sp³-hybridized carbons (Fsp3) is 0.500. The van der Waals surface area contributed by atoms with Crippen molar-refractivity contribution in [2.24, 2.45) is 0 Å². The van der Waals surface area contributed by atoms with E-state index in [1.165, 1.54) is 24.2 Å². The topological polar surface area (TPSA) is 6.48 Å². The van der Waals surface area contributed by atoms with Crippen molar-refractivity contribution in [3.05, 3.63) is 36.2 Å². The Morgan fingerprint density at radius 3 is 2.79 bits per heavy atom. The molecule has 0 aromatic rings. The molecule has 0 amide bonds. The molecular weight excluding hydrogens is 172 g/mol. The number of allylic oxidation sites excluding steroid dienone is 3. The fourth-order valence-electron chi connectivity index (χ4n) is 1.90. The van der Waals surface area contributed by atoms with Gasteiger partial charge in [-0.2, -0.15) is 0 Å². The van der Waals surface area contributed by atoms with Crippen molar-refractivity contribution < 1.29 is 0 Å². The van der Waals surface area contributed by atoms with Gasteiger partial charge in [0.1, 0.15) is 0 Å². The lowest BCUT2D eigenvalue weighted by Gasteiger charge is -2.37. The summed E-state index contributed by atoms with van der Waals surface area (Å²) in [7, 11) is 2.12. The first kappa shape index (κ1) is 9.38. The van der Waals surface area contributed by atoms with Gasteiger partial charge in [-0.05, 0) is 18.9 Å². The minimum Gasteiger partial charge on any atom is -0.375 e. The molecule has 1 aliphatic heterocycles. The van der Waals surface area contributed by atoms with Crippen molar-refractivity contribution >= 4 is 0 Å². The number of piperazine rings is 1. The molecule has 0 radical (unpaired) electrons. The summed E-state index contributed by atoms with van der Waals surface area (Å²) in [6.07, 6.45) is 9.21. The second-order valence-electron chi connectivity index (χ2n) is 4.02. The maximum Gasteiger partial charge on any atom is 0.0573 e. The molecule has 2 rings (SSSR count). The second-order valence-corrected chi connectivity index (χ2v) is 4.02. The molecule has 1 aliphatic carbocycles. The lowest BCUT2D eigenvalue weighted by Crippen LogP contribution is -2.41. The van der Waals surface area contributed by atoms with Crippen LogP contribution in [-0.2, 0) is 0 Å². The van der Waals surface area contributed by atoms with Gasteiger partial charge < -0.3 is 9.80 Å². The average molecular weight is 190 g/mol. The summed E-state index contributed by atoms with van der Waals surface area (Å²) in [6.45, 7) is 7.26. The van der Waals surface area contributed by atoms with Gasteiger partial charge in [0, 0.05) is 31.5 Å². The van der Waals surface area contributed by atoms with Crippen molar-refractivity contribution in [2.75, 3.05) is 26.7 Å². The third-order valence-corrected chi connectivity index (χ3v) is 2.96. The molecule has 0 saturated carbocycles. The van der Waals surface area contributed by atoms with E-state index in [2.05, 4.69) is 41.7 Å². The van der Waals surface area contributed by atoms with E-state index in [1.54, 1.807) is 0 Å². The highest BCUT2D eigenvalue weighted by molar-refractivity contribution is 5.23. The molecule has 0 unspecified atom stereocenters. The SMILES string of the molecule is C=C1CN(C2=CCCC=C2)CCN1C. The quantitative estimate of drug-likeness (QED) is 0.624. The number of rotatable bonds is 1. The molecule has 0 aromatic carbocycles. The van der Waals surface area contributed by atoms with E-state index in [0.717, 1.165) is 19.6 Å². The van der Waals surface area contributed by atoms with E-state index in [-0.39, 0.29) is 0 Å². The third kappa shape index (κ3) is 1.84. The summed E-state index contributed by atoms with van der Waals surface area (Å²) in [5.41, 5.74) is 2.60. The highest BCUT2D eigenvalue weighted by Gasteiger charge is 2.17. The molecule has 0 bridgehead atoms. The molecule has 0 N–H and O–H groups in total. The Hall–Kier alpha value is -1.18. The number of hydrogen-bond donors (Lipinski definition) is 0. The number of nitrogens with zero attached hydrogens (tertiary/aromatic N) is 2. The molecule has 0 aromatic heterocycles. The Morgan fingerprint density at radius 1 is 1.29 bits per heavy atom. The second kappa shape index (κ2) is 3.91. The minimum atomic E-state index is 0.979. The van der Waals surface area contributed by atoms with Crippen LogP contribution in [0.3, 0.4) is 0 Å². The molecular formula is C12H18N2. The van der Waals surface area contributed by atoms with Crippen LogP contribution in [0.1, 0.15) is 12.8 Å². The zero-order valence-corrected chi connectivity index (χ0v) is 8.87. The van der Waals surface area contributed by atoms with Crippen molar-refractivity contribution in [3.63, 3.8) is 0 Å². The van der Waals surface area contributed by atoms with Gasteiger partial charge in [0.2, 0.25) is 0 Å². The molecule has 2 nitrogen and oxygen atoms in total. The molecule has 1 saturated heterocycles. The van der Waals surface area contributed by atoms with Gasteiger partial charge in [-0.15, -0.1) is 0 Å². The lowest BCUT2D eigenvalue weighted by molar-refractivity contribution is 0.240. The van der Waals surface area contributed by atoms with Gasteiger partial charge in [0.15, 0.2) is 0 Å². The summed E-state index contributed by atoms with van der Waals surface area (Å²) in [6, 6.07) is 0. The largest absolute Gasteiger partial charge is 0.375 e.